The predicted molar refractivity (Wildman–Crippen MR) is 84.4 cm³/mol. The molecular weight excluding hydrogens is 278 g/mol. The maximum atomic E-state index is 12.3. The van der Waals surface area contributed by atoms with Crippen molar-refractivity contribution >= 4 is 5.91 Å². The van der Waals surface area contributed by atoms with E-state index in [4.69, 9.17) is 0 Å². The van der Waals surface area contributed by atoms with Crippen LogP contribution in [0.15, 0.2) is 53.3 Å². The van der Waals surface area contributed by atoms with Crippen molar-refractivity contribution < 1.29 is 4.79 Å². The number of hydrogen-bond acceptors (Lipinski definition) is 3. The molecule has 0 radical (unpaired) electrons. The average molecular weight is 297 g/mol. The van der Waals surface area contributed by atoms with Gasteiger partial charge in [-0.25, -0.2) is 0 Å². The molecule has 1 aromatic carbocycles. The molecule has 2 N–H and O–H groups in total. The Balaban J connectivity index is 1.78. The summed E-state index contributed by atoms with van der Waals surface area (Å²) >= 11 is 0. The highest BCUT2D eigenvalue weighted by Crippen LogP contribution is 2.14. The van der Waals surface area contributed by atoms with Crippen LogP contribution in [0.4, 0.5) is 0 Å². The van der Waals surface area contributed by atoms with E-state index in [1.807, 2.05) is 29.2 Å². The van der Waals surface area contributed by atoms with Crippen molar-refractivity contribution in [3.05, 3.63) is 70.1 Å². The quantitative estimate of drug-likeness (QED) is 0.882. The first-order valence-corrected chi connectivity index (χ1v) is 7.45. The molecule has 1 fully saturated rings. The Morgan fingerprint density at radius 1 is 1.05 bits per heavy atom. The number of benzene rings is 1. The summed E-state index contributed by atoms with van der Waals surface area (Å²) in [5.74, 6) is 0.0666. The van der Waals surface area contributed by atoms with Crippen LogP contribution in [0.1, 0.15) is 11.3 Å². The largest absolute Gasteiger partial charge is 0.331 e. The van der Waals surface area contributed by atoms with Gasteiger partial charge in [-0.2, -0.15) is 0 Å². The zero-order chi connectivity index (χ0) is 15.4. The van der Waals surface area contributed by atoms with Gasteiger partial charge >= 0.3 is 0 Å². The van der Waals surface area contributed by atoms with Crippen LogP contribution in [-0.2, 0) is 17.8 Å². The molecule has 3 rings (SSSR count). The molecule has 1 saturated heterocycles. The second-order valence-electron chi connectivity index (χ2n) is 5.54. The van der Waals surface area contributed by atoms with Gasteiger partial charge < -0.3 is 15.2 Å². The van der Waals surface area contributed by atoms with Gasteiger partial charge in [0.15, 0.2) is 0 Å². The SMILES string of the molecule is O=C1CNC[C@H](Cc2ccccc2)N1Cc1cccc(=O)[nH]1. The van der Waals surface area contributed by atoms with Gasteiger partial charge in [0, 0.05) is 24.3 Å². The molecule has 22 heavy (non-hydrogen) atoms. The molecule has 1 amide bonds. The van der Waals surface area contributed by atoms with E-state index in [1.54, 1.807) is 6.07 Å². The highest BCUT2D eigenvalue weighted by atomic mass is 16.2. The van der Waals surface area contributed by atoms with E-state index >= 15 is 0 Å². The number of H-pyrrole nitrogens is 1. The van der Waals surface area contributed by atoms with Gasteiger partial charge in [-0.15, -0.1) is 0 Å². The summed E-state index contributed by atoms with van der Waals surface area (Å²) in [7, 11) is 0. The van der Waals surface area contributed by atoms with Crippen molar-refractivity contribution in [3.8, 4) is 0 Å². The van der Waals surface area contributed by atoms with E-state index in [9.17, 15) is 9.59 Å². The van der Waals surface area contributed by atoms with Crippen LogP contribution in [0, 0.1) is 0 Å². The van der Waals surface area contributed by atoms with Crippen LogP contribution in [-0.4, -0.2) is 34.9 Å². The topological polar surface area (TPSA) is 65.2 Å². The molecule has 0 bridgehead atoms. The standard InChI is InChI=1S/C17H19N3O2/c21-16-8-4-7-14(19-16)12-20-15(10-18-11-17(20)22)9-13-5-2-1-3-6-13/h1-8,15,18H,9-12H2,(H,19,21)/t15-/m0/s1. The number of aromatic nitrogens is 1. The number of piperazine rings is 1. The number of nitrogens with zero attached hydrogens (tertiary/aromatic N) is 1. The molecule has 1 aliphatic heterocycles. The molecule has 1 atom stereocenters. The van der Waals surface area contributed by atoms with Crippen molar-refractivity contribution in [1.29, 1.82) is 0 Å². The third-order valence-corrected chi connectivity index (χ3v) is 3.90. The fraction of sp³-hybridized carbons (Fsp3) is 0.294. The second-order valence-corrected chi connectivity index (χ2v) is 5.54. The third-order valence-electron chi connectivity index (χ3n) is 3.90. The van der Waals surface area contributed by atoms with E-state index in [-0.39, 0.29) is 17.5 Å². The molecule has 0 saturated carbocycles. The minimum Gasteiger partial charge on any atom is -0.331 e. The zero-order valence-electron chi connectivity index (χ0n) is 12.3. The summed E-state index contributed by atoms with van der Waals surface area (Å²) < 4.78 is 0. The van der Waals surface area contributed by atoms with Crippen molar-refractivity contribution in [2.45, 2.75) is 19.0 Å². The summed E-state index contributed by atoms with van der Waals surface area (Å²) in [6.07, 6.45) is 0.802. The molecule has 0 spiro atoms. The monoisotopic (exact) mass is 297 g/mol. The van der Waals surface area contributed by atoms with Crippen LogP contribution in [0.3, 0.4) is 0 Å². The van der Waals surface area contributed by atoms with E-state index in [1.165, 1.54) is 11.6 Å². The number of amides is 1. The number of hydrogen-bond donors (Lipinski definition) is 2. The summed E-state index contributed by atoms with van der Waals surface area (Å²) in [4.78, 5) is 28.3. The number of rotatable bonds is 4. The minimum absolute atomic E-state index is 0.0666. The second kappa shape index (κ2) is 6.58. The molecule has 1 aromatic heterocycles. The molecule has 5 nitrogen and oxygen atoms in total. The lowest BCUT2D eigenvalue weighted by molar-refractivity contribution is -0.135. The van der Waals surface area contributed by atoms with E-state index < -0.39 is 0 Å². The molecule has 5 heteroatoms. The van der Waals surface area contributed by atoms with Crippen molar-refractivity contribution in [1.82, 2.24) is 15.2 Å². The Bertz CT molecular complexity index is 696. The Hall–Kier alpha value is -2.40. The lowest BCUT2D eigenvalue weighted by atomic mass is 10.0. The summed E-state index contributed by atoms with van der Waals surface area (Å²) in [5, 5.41) is 3.17. The first kappa shape index (κ1) is 14.5. The van der Waals surface area contributed by atoms with Gasteiger partial charge in [0.05, 0.1) is 13.1 Å². The summed E-state index contributed by atoms with van der Waals surface area (Å²) in [6.45, 7) is 1.55. The smallest absolute Gasteiger partial charge is 0.248 e. The van der Waals surface area contributed by atoms with Gasteiger partial charge in [0.1, 0.15) is 0 Å². The molecule has 2 heterocycles. The van der Waals surface area contributed by atoms with Crippen molar-refractivity contribution in [2.75, 3.05) is 13.1 Å². The first-order valence-electron chi connectivity index (χ1n) is 7.45. The average Bonchev–Trinajstić information content (AvgIpc) is 2.52. The molecule has 2 aromatic rings. The van der Waals surface area contributed by atoms with Gasteiger partial charge in [-0.1, -0.05) is 36.4 Å². The Kier molecular flexibility index (Phi) is 4.34. The third kappa shape index (κ3) is 3.43. The number of carbonyl (C=O) groups excluding carboxylic acids is 1. The van der Waals surface area contributed by atoms with Crippen LogP contribution in [0.25, 0.3) is 0 Å². The Morgan fingerprint density at radius 3 is 2.64 bits per heavy atom. The fourth-order valence-electron chi connectivity index (χ4n) is 2.82. The first-order chi connectivity index (χ1) is 10.7. The summed E-state index contributed by atoms with van der Waals surface area (Å²) in [6, 6.07) is 15.3. The Labute approximate surface area is 129 Å². The molecule has 0 unspecified atom stereocenters. The van der Waals surface area contributed by atoms with Crippen molar-refractivity contribution in [2.24, 2.45) is 0 Å². The minimum atomic E-state index is -0.139. The number of aromatic amines is 1. The van der Waals surface area contributed by atoms with Gasteiger partial charge in [0.25, 0.3) is 0 Å². The van der Waals surface area contributed by atoms with Gasteiger partial charge in [-0.3, -0.25) is 9.59 Å². The summed E-state index contributed by atoms with van der Waals surface area (Å²) in [5.41, 5.74) is 1.83. The van der Waals surface area contributed by atoms with Crippen molar-refractivity contribution in [3.63, 3.8) is 0 Å². The van der Waals surface area contributed by atoms with Crippen LogP contribution >= 0.6 is 0 Å². The molecule has 0 aliphatic carbocycles. The van der Waals surface area contributed by atoms with E-state index in [0.29, 0.717) is 13.1 Å². The van der Waals surface area contributed by atoms with E-state index in [2.05, 4.69) is 22.4 Å². The number of pyridine rings is 1. The number of nitrogens with one attached hydrogen (secondary N) is 2. The molecular formula is C17H19N3O2. The maximum absolute atomic E-state index is 12.3. The van der Waals surface area contributed by atoms with Crippen LogP contribution < -0.4 is 10.9 Å². The highest BCUT2D eigenvalue weighted by molar-refractivity contribution is 5.79. The van der Waals surface area contributed by atoms with Crippen LogP contribution in [0.2, 0.25) is 0 Å². The predicted octanol–water partition coefficient (Wildman–Crippen LogP) is 0.918. The van der Waals surface area contributed by atoms with E-state index in [0.717, 1.165) is 18.7 Å². The normalized spacial score (nSPS) is 18.5. The zero-order valence-corrected chi connectivity index (χ0v) is 12.3. The molecule has 1 aliphatic rings. The lowest BCUT2D eigenvalue weighted by Crippen LogP contribution is -2.55. The lowest BCUT2D eigenvalue weighted by Gasteiger charge is -2.36. The van der Waals surface area contributed by atoms with Gasteiger partial charge in [0.2, 0.25) is 11.5 Å². The number of carbonyl (C=O) groups is 1. The van der Waals surface area contributed by atoms with Gasteiger partial charge in [-0.05, 0) is 18.1 Å². The maximum Gasteiger partial charge on any atom is 0.248 e. The van der Waals surface area contributed by atoms with Crippen LogP contribution in [0.5, 0.6) is 0 Å². The fourth-order valence-corrected chi connectivity index (χ4v) is 2.82. The Morgan fingerprint density at radius 2 is 1.86 bits per heavy atom. The highest BCUT2D eigenvalue weighted by Gasteiger charge is 2.28. The molecule has 114 valence electrons.